The number of fused-ring (bicyclic) bond motifs is 9. The first-order valence-electron chi connectivity index (χ1n) is 19.2. The average Bonchev–Trinajstić information content (AvgIpc) is 3.97. The third kappa shape index (κ3) is 5.96. The molecule has 12 heteroatoms. The molecule has 9 rings (SSSR count). The molecular formula is C38H64ClN3O8. The summed E-state index contributed by atoms with van der Waals surface area (Å²) in [5.74, 6) is 3.93. The van der Waals surface area contributed by atoms with Crippen LogP contribution in [0.15, 0.2) is 10.3 Å². The molecule has 0 aromatic rings. The summed E-state index contributed by atoms with van der Waals surface area (Å²) in [4.78, 5) is 5.11. The molecule has 11 nitrogen and oxygen atoms in total. The molecule has 286 valence electrons. The summed E-state index contributed by atoms with van der Waals surface area (Å²) >= 11 is 0. The Bertz CT molecular complexity index is 1210. The summed E-state index contributed by atoms with van der Waals surface area (Å²) in [6, 6.07) is 0.393. The highest BCUT2D eigenvalue weighted by atomic mass is 35.5. The number of halogens is 1. The zero-order chi connectivity index (χ0) is 34.7. The van der Waals surface area contributed by atoms with Gasteiger partial charge in [0.2, 0.25) is 0 Å². The van der Waals surface area contributed by atoms with Gasteiger partial charge in [0.15, 0.2) is 0 Å². The average molecular weight is 726 g/mol. The third-order valence-corrected chi connectivity index (χ3v) is 15.9. The maximum Gasteiger partial charge on any atom is 0.106 e. The van der Waals surface area contributed by atoms with Crippen molar-refractivity contribution in [3.63, 3.8) is 0 Å². The van der Waals surface area contributed by atoms with Crippen molar-refractivity contribution in [3.8, 4) is 0 Å². The number of hydrogen-bond donors (Lipinski definition) is 4. The summed E-state index contributed by atoms with van der Waals surface area (Å²) in [5, 5.41) is 36.3. The summed E-state index contributed by atoms with van der Waals surface area (Å²) in [7, 11) is 8.83. The van der Waals surface area contributed by atoms with E-state index in [1.165, 1.54) is 44.2 Å². The minimum atomic E-state index is -0.638. The van der Waals surface area contributed by atoms with Crippen LogP contribution in [0.25, 0.3) is 0 Å². The van der Waals surface area contributed by atoms with E-state index >= 15 is 0 Å². The van der Waals surface area contributed by atoms with Crippen molar-refractivity contribution in [1.82, 2.24) is 0 Å². The lowest BCUT2D eigenvalue weighted by Gasteiger charge is -2.39. The Morgan fingerprint density at radius 1 is 0.600 bits per heavy atom. The molecule has 0 aromatic carbocycles. The second-order valence-electron chi connectivity index (χ2n) is 17.4. The van der Waals surface area contributed by atoms with E-state index in [1.807, 2.05) is 0 Å². The smallest absolute Gasteiger partial charge is 0.106 e. The van der Waals surface area contributed by atoms with Crippen molar-refractivity contribution in [2.24, 2.45) is 67.8 Å². The van der Waals surface area contributed by atoms with Gasteiger partial charge in [-0.05, 0) is 125 Å². The van der Waals surface area contributed by atoms with Gasteiger partial charge in [0, 0.05) is 57.1 Å². The second-order valence-corrected chi connectivity index (χ2v) is 17.4. The molecular weight excluding hydrogens is 662 g/mol. The fourth-order valence-electron chi connectivity index (χ4n) is 13.6. The topological polar surface area (TPSA) is 158 Å². The maximum absolute atomic E-state index is 9.68. The predicted molar refractivity (Wildman–Crippen MR) is 192 cm³/mol. The fraction of sp³-hybridized carbons (Fsp3) is 0.947. The van der Waals surface area contributed by atoms with E-state index < -0.39 is 12.2 Å². The molecule has 50 heavy (non-hydrogen) atoms. The van der Waals surface area contributed by atoms with E-state index in [4.69, 9.17) is 34.7 Å². The van der Waals surface area contributed by atoms with Gasteiger partial charge >= 0.3 is 0 Å². The number of aliphatic hydroxyl groups is 2. The summed E-state index contributed by atoms with van der Waals surface area (Å²) in [6.07, 6.45) is 16.5. The molecule has 3 spiro atoms. The first kappa shape index (κ1) is 38.7. The Morgan fingerprint density at radius 3 is 1.50 bits per heavy atom. The van der Waals surface area contributed by atoms with Crippen LogP contribution in [0.2, 0.25) is 0 Å². The molecule has 9 aliphatic rings. The van der Waals surface area contributed by atoms with Crippen molar-refractivity contribution in [2.75, 3.05) is 35.5 Å². The fourth-order valence-corrected chi connectivity index (χ4v) is 13.6. The molecule has 5 N–H and O–H groups in total. The van der Waals surface area contributed by atoms with Gasteiger partial charge in [-0.2, -0.15) is 0 Å². The second kappa shape index (κ2) is 15.0. The zero-order valence-corrected chi connectivity index (χ0v) is 31.7. The Labute approximate surface area is 304 Å². The summed E-state index contributed by atoms with van der Waals surface area (Å²) < 4.78 is 22.4. The number of aliphatic hydroxyl groups excluding tert-OH is 2. The number of methoxy groups -OCH3 is 4. The maximum atomic E-state index is 9.68. The molecule has 0 aliphatic heterocycles. The van der Waals surface area contributed by atoms with Crippen molar-refractivity contribution >= 4 is 23.8 Å². The molecule has 0 saturated heterocycles. The number of nitrogens with two attached hydrogens (primary N) is 1. The monoisotopic (exact) mass is 725 g/mol. The van der Waals surface area contributed by atoms with Gasteiger partial charge in [0.05, 0.1) is 48.0 Å². The van der Waals surface area contributed by atoms with Gasteiger partial charge in [0.1, 0.15) is 7.11 Å². The number of hydrogen-bond acceptors (Lipinski definition) is 11. The van der Waals surface area contributed by atoms with Gasteiger partial charge in [-0.25, -0.2) is 0 Å². The van der Waals surface area contributed by atoms with Crippen LogP contribution in [0, 0.1) is 51.8 Å². The van der Waals surface area contributed by atoms with E-state index in [1.54, 1.807) is 35.5 Å². The van der Waals surface area contributed by atoms with Crippen LogP contribution in [0.1, 0.15) is 96.3 Å². The molecule has 0 amide bonds. The highest BCUT2D eigenvalue weighted by Gasteiger charge is 2.63. The van der Waals surface area contributed by atoms with Crippen LogP contribution in [0.3, 0.4) is 0 Å². The molecule has 13 atom stereocenters. The summed E-state index contributed by atoms with van der Waals surface area (Å²) in [6.45, 7) is 0. The lowest BCUT2D eigenvalue weighted by atomic mass is 9.69. The van der Waals surface area contributed by atoms with Crippen LogP contribution >= 0.6 is 12.4 Å². The first-order chi connectivity index (χ1) is 23.6. The number of oxime groups is 2. The Hall–Kier alpha value is -1.05. The van der Waals surface area contributed by atoms with Gasteiger partial charge < -0.3 is 44.9 Å². The van der Waals surface area contributed by atoms with Gasteiger partial charge in [-0.1, -0.05) is 10.3 Å². The highest BCUT2D eigenvalue weighted by Crippen LogP contribution is 2.64. The quantitative estimate of drug-likeness (QED) is 0.227. The Balaban J connectivity index is 0.000000129. The van der Waals surface area contributed by atoms with Gasteiger partial charge in [-0.3, -0.25) is 0 Å². The largest absolute Gasteiger partial charge is 0.411 e. The first-order valence-corrected chi connectivity index (χ1v) is 19.2. The van der Waals surface area contributed by atoms with E-state index in [9.17, 15) is 10.2 Å². The number of ether oxygens (including phenoxy) is 4. The molecule has 9 saturated carbocycles. The van der Waals surface area contributed by atoms with E-state index in [2.05, 4.69) is 10.3 Å². The molecule has 6 bridgehead atoms. The van der Waals surface area contributed by atoms with Crippen LogP contribution < -0.4 is 5.73 Å². The van der Waals surface area contributed by atoms with Gasteiger partial charge in [0.25, 0.3) is 0 Å². The Kier molecular flexibility index (Phi) is 11.6. The SMILES string of the molecule is CO/N=C1/[C@@H]2CC[C@@H](C2)C12C[C@H](OC)[C@@H](OC)C2.CO[C@H]1CC2(C[C@@H]1OC)[C@H]1CC[C@H](C1)[C@H]2N.Cl.O/N=C1/[C@@H]2CC[C@@H](C2)C12C[C@H](O)[C@@H](O)C2. The molecule has 0 aromatic heterocycles. The van der Waals surface area contributed by atoms with Crippen molar-refractivity contribution in [3.05, 3.63) is 0 Å². The molecule has 9 fully saturated rings. The van der Waals surface area contributed by atoms with Crippen LogP contribution in [-0.4, -0.2) is 105 Å². The lowest BCUT2D eigenvalue weighted by molar-refractivity contribution is -0.0157. The van der Waals surface area contributed by atoms with Crippen LogP contribution in [-0.2, 0) is 23.8 Å². The minimum Gasteiger partial charge on any atom is -0.411 e. The number of rotatable bonds is 5. The van der Waals surface area contributed by atoms with E-state index in [0.29, 0.717) is 42.1 Å². The van der Waals surface area contributed by atoms with Gasteiger partial charge in [-0.15, -0.1) is 12.4 Å². The number of nitrogens with zero attached hydrogens (tertiary/aromatic N) is 2. The molecule has 0 radical (unpaired) electrons. The van der Waals surface area contributed by atoms with Crippen molar-refractivity contribution < 1.29 is 39.2 Å². The predicted octanol–water partition coefficient (Wildman–Crippen LogP) is 4.95. The van der Waals surface area contributed by atoms with E-state index in [0.717, 1.165) is 68.4 Å². The van der Waals surface area contributed by atoms with Crippen molar-refractivity contribution in [2.45, 2.75) is 139 Å². The minimum absolute atomic E-state index is 0. The standard InChI is InChI=1S/C14H23NO3.C13H23NO2.C11H17NO3.ClH/c1-16-11-7-14(8-12(11)17-2)10-5-4-9(6-10)13(14)15-18-3;1-15-10-6-13(7-11(10)16-2)9-4-3-8(5-9)12(13)14;13-8-4-11(5-9(8)14)7-2-1-6(3-7)10(11)12-15;/h9-12H,4-8H2,1-3H3;8-12H,3-7,14H2,1-2H3;6-9,13-15H,1-5H2;1H/b15-13-;;12-10-;/t9-,10+,11+,12+;8-,9+,10+,11+,12-;6-,7+,8+,9+;/m111./s1. The van der Waals surface area contributed by atoms with E-state index in [-0.39, 0.29) is 47.7 Å². The van der Waals surface area contributed by atoms with Crippen LogP contribution in [0.5, 0.6) is 0 Å². The summed E-state index contributed by atoms with van der Waals surface area (Å²) in [5.41, 5.74) is 8.98. The molecule has 9 aliphatic carbocycles. The zero-order valence-electron chi connectivity index (χ0n) is 30.9. The molecule has 0 heterocycles. The lowest BCUT2D eigenvalue weighted by Crippen LogP contribution is -2.45. The van der Waals surface area contributed by atoms with Crippen molar-refractivity contribution in [1.29, 1.82) is 0 Å². The molecule has 0 unspecified atom stereocenters. The van der Waals surface area contributed by atoms with Crippen LogP contribution in [0.4, 0.5) is 0 Å². The highest BCUT2D eigenvalue weighted by molar-refractivity contribution is 5.96. The Morgan fingerprint density at radius 2 is 1.06 bits per heavy atom. The normalized spacial score (nSPS) is 46.2. The third-order valence-electron chi connectivity index (χ3n) is 15.9.